The van der Waals surface area contributed by atoms with Gasteiger partial charge in [-0.2, -0.15) is 0 Å². The Morgan fingerprint density at radius 1 is 0.429 bits per heavy atom. The zero-order valence-electron chi connectivity index (χ0n) is 48.7. The number of imidazole rings is 2. The maximum Gasteiger partial charge on any atom is 2.00 e. The second kappa shape index (κ2) is 21.7. The molecule has 4 aromatic heterocycles. The number of aryl methyl sites for hydroxylation is 1. The third kappa shape index (κ3) is 9.21. The van der Waals surface area contributed by atoms with E-state index in [9.17, 15) is 0 Å². The van der Waals surface area contributed by atoms with Gasteiger partial charge in [0.25, 0.3) is 0 Å². The van der Waals surface area contributed by atoms with Crippen molar-refractivity contribution in [1.29, 1.82) is 0 Å². The predicted molar refractivity (Wildman–Crippen MR) is 343 cm³/mol. The largest absolute Gasteiger partial charge is 2.00 e. The van der Waals surface area contributed by atoms with Crippen LogP contribution in [-0.4, -0.2) is 24.1 Å². The molecule has 14 rings (SSSR count). The van der Waals surface area contributed by atoms with E-state index in [0.717, 1.165) is 83.0 Å². The van der Waals surface area contributed by atoms with E-state index in [4.69, 9.17) is 24.1 Å². The SMILES string of the molecule is Cc1nc2c3ccccc3ccc2c2c1oc1c(-c3nc4ccccc4n3-c3c(C(C)C)cc(-c4ccccc4)cc3C(C)C)[c-]c(Oc3[c-]c(-c4nc5ccccc5n4-c4c(C(C)C)cc(-c5ccccc5)cc4C(C)C)ccc3)cc12.[Pt+2]. The topological polar surface area (TPSA) is 70.9 Å². The van der Waals surface area contributed by atoms with Crippen LogP contribution in [0.25, 0.3) is 122 Å². The van der Waals surface area contributed by atoms with E-state index < -0.39 is 0 Å². The summed E-state index contributed by atoms with van der Waals surface area (Å²) in [6, 6.07) is 76.3. The summed E-state index contributed by atoms with van der Waals surface area (Å²) in [6.07, 6.45) is 0. The van der Waals surface area contributed by atoms with Crippen LogP contribution >= 0.6 is 0 Å². The molecule has 4 heterocycles. The van der Waals surface area contributed by atoms with Crippen molar-refractivity contribution in [2.75, 3.05) is 0 Å². The molecule has 0 spiro atoms. The fourth-order valence-electron chi connectivity index (χ4n) is 12.5. The van der Waals surface area contributed by atoms with Crippen molar-refractivity contribution in [1.82, 2.24) is 24.1 Å². The first-order valence-corrected chi connectivity index (χ1v) is 29.1. The molecule has 0 bridgehead atoms. The molecule has 0 saturated heterocycles. The van der Waals surface area contributed by atoms with Crippen LogP contribution in [0.3, 0.4) is 0 Å². The first-order valence-electron chi connectivity index (χ1n) is 29.1. The monoisotopic (exact) mass is 1270 g/mol. The summed E-state index contributed by atoms with van der Waals surface area (Å²) >= 11 is 0. The van der Waals surface area contributed by atoms with Crippen LogP contribution in [0.1, 0.15) is 107 Å². The van der Waals surface area contributed by atoms with Gasteiger partial charge < -0.3 is 18.3 Å². The summed E-state index contributed by atoms with van der Waals surface area (Å²) < 4.78 is 19.2. The zero-order valence-corrected chi connectivity index (χ0v) is 50.9. The Morgan fingerprint density at radius 2 is 0.940 bits per heavy atom. The fraction of sp³-hybridized carbons (Fsp3) is 0.171. The Hall–Kier alpha value is -8.90. The van der Waals surface area contributed by atoms with Crippen LogP contribution in [0, 0.1) is 19.1 Å². The van der Waals surface area contributed by atoms with E-state index in [0.29, 0.717) is 34.1 Å². The number of para-hydroxylation sites is 4. The van der Waals surface area contributed by atoms with Gasteiger partial charge in [0.15, 0.2) is 0 Å². The van der Waals surface area contributed by atoms with E-state index >= 15 is 0 Å². The van der Waals surface area contributed by atoms with Crippen molar-refractivity contribution >= 4 is 65.7 Å². The summed E-state index contributed by atoms with van der Waals surface area (Å²) in [5.41, 5.74) is 20.3. The Labute approximate surface area is 504 Å². The van der Waals surface area contributed by atoms with Gasteiger partial charge >= 0.3 is 21.1 Å². The van der Waals surface area contributed by atoms with Gasteiger partial charge in [0.05, 0.1) is 50.5 Å². The molecule has 84 heavy (non-hydrogen) atoms. The van der Waals surface area contributed by atoms with Crippen molar-refractivity contribution in [3.63, 3.8) is 0 Å². The molecule has 0 aliphatic carbocycles. The number of hydrogen-bond donors (Lipinski definition) is 0. The number of fused-ring (bicyclic) bond motifs is 9. The van der Waals surface area contributed by atoms with Crippen molar-refractivity contribution < 1.29 is 30.2 Å². The summed E-state index contributed by atoms with van der Waals surface area (Å²) in [5, 5.41) is 5.03. The van der Waals surface area contributed by atoms with Gasteiger partial charge in [0.1, 0.15) is 5.58 Å². The fourth-order valence-corrected chi connectivity index (χ4v) is 12.5. The van der Waals surface area contributed by atoms with Crippen molar-refractivity contribution in [3.8, 4) is 67.9 Å². The van der Waals surface area contributed by atoms with Crippen LogP contribution in [0.4, 0.5) is 0 Å². The smallest absolute Gasteiger partial charge is 0.499 e. The summed E-state index contributed by atoms with van der Waals surface area (Å²) in [5.74, 6) is 3.25. The molecule has 0 fully saturated rings. The molecule has 10 aromatic carbocycles. The number of pyridine rings is 1. The van der Waals surface area contributed by atoms with E-state index in [1.165, 1.54) is 44.5 Å². The van der Waals surface area contributed by atoms with Gasteiger partial charge in [0, 0.05) is 39.0 Å². The number of hydrogen-bond acceptors (Lipinski definition) is 5. The number of nitrogens with zero attached hydrogens (tertiary/aromatic N) is 5. The summed E-state index contributed by atoms with van der Waals surface area (Å²) in [7, 11) is 0. The van der Waals surface area contributed by atoms with Gasteiger partial charge in [-0.3, -0.25) is 9.97 Å². The standard InChI is InChI=1S/C76H63N5O2.Pt/c1-44(2)59-38-53(49-23-12-10-13-24-49)39-60(45(3)4)71(59)80-67-33-20-18-31-65(67)78-75(80)52-28-22-29-55(37-52)82-56-42-63-69-58-36-35-51-27-16-17-30-57(51)70(58)77-48(9)73(69)83-74(63)64(43-56)76-79-66-32-19-21-34-68(66)81(76)72-61(46(5)6)40-54(41-62(72)47(7)8)50-25-14-11-15-26-50;/h10-36,38-42,44-47H,1-9H3;/q-2;+2. The Bertz CT molecular complexity index is 4800. The third-order valence-electron chi connectivity index (χ3n) is 16.5. The summed E-state index contributed by atoms with van der Waals surface area (Å²) in [4.78, 5) is 16.3. The van der Waals surface area contributed by atoms with E-state index in [-0.39, 0.29) is 44.7 Å². The van der Waals surface area contributed by atoms with Crippen LogP contribution in [0.5, 0.6) is 11.5 Å². The van der Waals surface area contributed by atoms with Crippen LogP contribution in [0.2, 0.25) is 0 Å². The van der Waals surface area contributed by atoms with Gasteiger partial charge in [-0.25, -0.2) is 4.98 Å². The molecule has 8 heteroatoms. The number of ether oxygens (including phenoxy) is 1. The van der Waals surface area contributed by atoms with Crippen LogP contribution in [-0.2, 0) is 21.1 Å². The molecule has 0 aliphatic rings. The third-order valence-corrected chi connectivity index (χ3v) is 16.5. The summed E-state index contributed by atoms with van der Waals surface area (Å²) in [6.45, 7) is 20.3. The molecule has 7 nitrogen and oxygen atoms in total. The zero-order chi connectivity index (χ0) is 56.8. The molecule has 0 saturated carbocycles. The molecular formula is C76H63N5O2Pt. The maximum absolute atomic E-state index is 7.24. The van der Waals surface area contributed by atoms with Crippen LogP contribution in [0.15, 0.2) is 199 Å². The molecule has 0 unspecified atom stereocenters. The molecular weight excluding hydrogens is 1210 g/mol. The first kappa shape index (κ1) is 54.4. The van der Waals surface area contributed by atoms with Crippen LogP contribution < -0.4 is 4.74 Å². The van der Waals surface area contributed by atoms with Gasteiger partial charge in [0.2, 0.25) is 0 Å². The normalized spacial score (nSPS) is 12.0. The minimum absolute atomic E-state index is 0. The number of rotatable bonds is 12. The van der Waals surface area contributed by atoms with Gasteiger partial charge in [-0.15, -0.1) is 23.8 Å². The second-order valence-corrected chi connectivity index (χ2v) is 23.3. The molecule has 14 aromatic rings. The Morgan fingerprint density at radius 3 is 1.51 bits per heavy atom. The predicted octanol–water partition coefficient (Wildman–Crippen LogP) is 20.8. The number of benzene rings is 10. The average molecular weight is 1270 g/mol. The minimum Gasteiger partial charge on any atom is -0.499 e. The molecule has 414 valence electrons. The van der Waals surface area contributed by atoms with Crippen molar-refractivity contribution in [2.24, 2.45) is 0 Å². The molecule has 0 atom stereocenters. The van der Waals surface area contributed by atoms with E-state index in [2.05, 4.69) is 259 Å². The first-order chi connectivity index (χ1) is 40.4. The van der Waals surface area contributed by atoms with Gasteiger partial charge in [-0.1, -0.05) is 206 Å². The Kier molecular flexibility index (Phi) is 14.0. The average Bonchev–Trinajstić information content (AvgIpc) is 1.83. The van der Waals surface area contributed by atoms with Crippen molar-refractivity contribution in [2.45, 2.75) is 86.0 Å². The number of aromatic nitrogens is 5. The van der Waals surface area contributed by atoms with Gasteiger partial charge in [-0.05, 0) is 129 Å². The molecule has 0 aliphatic heterocycles. The minimum atomic E-state index is 0. The second-order valence-electron chi connectivity index (χ2n) is 23.3. The Balaban J connectivity index is 0.00000658. The van der Waals surface area contributed by atoms with E-state index in [1.54, 1.807) is 0 Å². The van der Waals surface area contributed by atoms with E-state index in [1.807, 2.05) is 19.1 Å². The quantitative estimate of drug-likeness (QED) is 0.0900. The molecule has 0 radical (unpaired) electrons. The maximum atomic E-state index is 7.24. The van der Waals surface area contributed by atoms with Crippen molar-refractivity contribution in [3.05, 3.63) is 234 Å². The number of furan rings is 1. The molecule has 0 N–H and O–H groups in total. The molecule has 0 amide bonds.